The maximum atomic E-state index is 11.6. The molecule has 1 heterocycles. The van der Waals surface area contributed by atoms with Crippen LogP contribution < -0.4 is 5.56 Å². The summed E-state index contributed by atoms with van der Waals surface area (Å²) in [6, 6.07) is 11.3. The van der Waals surface area contributed by atoms with Crippen LogP contribution in [-0.2, 0) is 5.75 Å². The molecule has 2 rings (SSSR count). The Morgan fingerprint density at radius 1 is 1.28 bits per heavy atom. The van der Waals surface area contributed by atoms with Gasteiger partial charge in [0.15, 0.2) is 0 Å². The normalized spacial score (nSPS) is 10.5. The Bertz CT molecular complexity index is 551. The second-order valence-corrected chi connectivity index (χ2v) is 5.10. The minimum absolute atomic E-state index is 0.0871. The highest BCUT2D eigenvalue weighted by Crippen LogP contribution is 2.16. The smallest absolute Gasteiger partial charge is 0.251 e. The largest absolute Gasteiger partial charge is 0.310 e. The van der Waals surface area contributed by atoms with E-state index in [1.165, 1.54) is 0 Å². The third kappa shape index (κ3) is 3.47. The van der Waals surface area contributed by atoms with Gasteiger partial charge in [-0.3, -0.25) is 4.79 Å². The van der Waals surface area contributed by atoms with Gasteiger partial charge in [0.1, 0.15) is 5.82 Å². The number of thioether (sulfide) groups is 1. The number of hydrogen-bond donors (Lipinski definition) is 1. The fourth-order valence-electron chi connectivity index (χ4n) is 1.65. The van der Waals surface area contributed by atoms with Gasteiger partial charge in [-0.1, -0.05) is 37.3 Å². The lowest BCUT2D eigenvalue weighted by Gasteiger charge is -2.04. The second-order valence-electron chi connectivity index (χ2n) is 4.00. The molecule has 0 atom stereocenters. The molecule has 0 fully saturated rings. The molecule has 1 N–H and O–H groups in total. The van der Waals surface area contributed by atoms with Gasteiger partial charge in [-0.25, -0.2) is 4.98 Å². The van der Waals surface area contributed by atoms with Crippen molar-refractivity contribution in [3.05, 3.63) is 52.6 Å². The predicted molar refractivity (Wildman–Crippen MR) is 76.7 cm³/mol. The average Bonchev–Trinajstić information content (AvgIpc) is 2.39. The molecular weight excluding hydrogens is 244 g/mol. The lowest BCUT2D eigenvalue weighted by Crippen LogP contribution is -2.10. The minimum Gasteiger partial charge on any atom is -0.310 e. The van der Waals surface area contributed by atoms with Crippen LogP contribution in [-0.4, -0.2) is 15.7 Å². The van der Waals surface area contributed by atoms with Gasteiger partial charge >= 0.3 is 0 Å². The number of rotatable bonds is 5. The first-order valence-electron chi connectivity index (χ1n) is 6.03. The molecule has 0 saturated carbocycles. The SMILES string of the molecule is CCCSCc1nc(-c2ccccc2)cc(=O)[nH]1. The van der Waals surface area contributed by atoms with Crippen LogP contribution in [0, 0.1) is 0 Å². The molecule has 1 aromatic carbocycles. The summed E-state index contributed by atoms with van der Waals surface area (Å²) in [6.07, 6.45) is 1.13. The summed E-state index contributed by atoms with van der Waals surface area (Å²) in [5.41, 5.74) is 1.63. The average molecular weight is 260 g/mol. The van der Waals surface area contributed by atoms with E-state index in [1.807, 2.05) is 30.3 Å². The standard InChI is InChI=1S/C14H16N2OS/c1-2-8-18-10-13-15-12(9-14(17)16-13)11-6-4-3-5-7-11/h3-7,9H,2,8,10H2,1H3,(H,15,16,17). The van der Waals surface area contributed by atoms with Gasteiger partial charge in [0.25, 0.3) is 5.56 Å². The molecule has 2 aromatic rings. The zero-order chi connectivity index (χ0) is 12.8. The van der Waals surface area contributed by atoms with Gasteiger partial charge in [-0.05, 0) is 12.2 Å². The second kappa shape index (κ2) is 6.40. The van der Waals surface area contributed by atoms with E-state index >= 15 is 0 Å². The quantitative estimate of drug-likeness (QED) is 0.840. The Morgan fingerprint density at radius 2 is 2.06 bits per heavy atom. The number of H-pyrrole nitrogens is 1. The van der Waals surface area contributed by atoms with Crippen LogP contribution in [0.25, 0.3) is 11.3 Å². The van der Waals surface area contributed by atoms with E-state index in [9.17, 15) is 4.79 Å². The van der Waals surface area contributed by atoms with Gasteiger partial charge in [0, 0.05) is 11.6 Å². The fraction of sp³-hybridized carbons (Fsp3) is 0.286. The van der Waals surface area contributed by atoms with Gasteiger partial charge in [-0.2, -0.15) is 11.8 Å². The maximum absolute atomic E-state index is 11.6. The Balaban J connectivity index is 2.24. The van der Waals surface area contributed by atoms with E-state index in [4.69, 9.17) is 0 Å². The van der Waals surface area contributed by atoms with Crippen molar-refractivity contribution in [3.63, 3.8) is 0 Å². The van der Waals surface area contributed by atoms with Gasteiger partial charge in [-0.15, -0.1) is 0 Å². The number of nitrogens with one attached hydrogen (secondary N) is 1. The number of nitrogens with zero attached hydrogens (tertiary/aromatic N) is 1. The van der Waals surface area contributed by atoms with Crippen molar-refractivity contribution in [3.8, 4) is 11.3 Å². The summed E-state index contributed by atoms with van der Waals surface area (Å²) in [6.45, 7) is 2.14. The summed E-state index contributed by atoms with van der Waals surface area (Å²) in [7, 11) is 0. The minimum atomic E-state index is -0.0871. The van der Waals surface area contributed by atoms with Crippen molar-refractivity contribution in [2.24, 2.45) is 0 Å². The van der Waals surface area contributed by atoms with Crippen LogP contribution in [0.3, 0.4) is 0 Å². The summed E-state index contributed by atoms with van der Waals surface area (Å²) in [4.78, 5) is 18.9. The van der Waals surface area contributed by atoms with Crippen molar-refractivity contribution in [2.75, 3.05) is 5.75 Å². The molecule has 0 unspecified atom stereocenters. The summed E-state index contributed by atoms with van der Waals surface area (Å²) >= 11 is 1.79. The lowest BCUT2D eigenvalue weighted by molar-refractivity contribution is 1.00. The predicted octanol–water partition coefficient (Wildman–Crippen LogP) is 3.08. The van der Waals surface area contributed by atoms with E-state index in [1.54, 1.807) is 17.8 Å². The topological polar surface area (TPSA) is 45.8 Å². The van der Waals surface area contributed by atoms with Crippen molar-refractivity contribution < 1.29 is 0 Å². The molecular formula is C14H16N2OS. The molecule has 1 aromatic heterocycles. The van der Waals surface area contributed by atoms with Crippen molar-refractivity contribution in [1.29, 1.82) is 0 Å². The van der Waals surface area contributed by atoms with Crippen LogP contribution in [0.5, 0.6) is 0 Å². The van der Waals surface area contributed by atoms with Crippen LogP contribution in [0.15, 0.2) is 41.2 Å². The molecule has 3 nitrogen and oxygen atoms in total. The Hall–Kier alpha value is -1.55. The molecule has 0 amide bonds. The fourth-order valence-corrected chi connectivity index (χ4v) is 2.41. The number of benzene rings is 1. The molecule has 0 aliphatic heterocycles. The lowest BCUT2D eigenvalue weighted by atomic mass is 10.1. The van der Waals surface area contributed by atoms with Crippen LogP contribution in [0.4, 0.5) is 0 Å². The van der Waals surface area contributed by atoms with Gasteiger partial charge < -0.3 is 4.98 Å². The van der Waals surface area contributed by atoms with E-state index < -0.39 is 0 Å². The number of aromatic amines is 1. The first-order chi connectivity index (χ1) is 8.79. The molecule has 0 radical (unpaired) electrons. The molecule has 18 heavy (non-hydrogen) atoms. The van der Waals surface area contributed by atoms with E-state index in [2.05, 4.69) is 16.9 Å². The van der Waals surface area contributed by atoms with Crippen LogP contribution in [0.2, 0.25) is 0 Å². The zero-order valence-corrected chi connectivity index (χ0v) is 11.2. The van der Waals surface area contributed by atoms with E-state index in [0.29, 0.717) is 0 Å². The highest BCUT2D eigenvalue weighted by molar-refractivity contribution is 7.98. The van der Waals surface area contributed by atoms with Crippen molar-refractivity contribution >= 4 is 11.8 Å². The number of hydrogen-bond acceptors (Lipinski definition) is 3. The van der Waals surface area contributed by atoms with Crippen molar-refractivity contribution in [2.45, 2.75) is 19.1 Å². The molecule has 0 saturated heterocycles. The Labute approximate surface area is 111 Å². The third-order valence-corrected chi connectivity index (χ3v) is 3.62. The van der Waals surface area contributed by atoms with E-state index in [-0.39, 0.29) is 5.56 Å². The monoisotopic (exact) mass is 260 g/mol. The van der Waals surface area contributed by atoms with Crippen LogP contribution in [0.1, 0.15) is 19.2 Å². The van der Waals surface area contributed by atoms with Crippen molar-refractivity contribution in [1.82, 2.24) is 9.97 Å². The molecule has 0 aliphatic rings. The number of aromatic nitrogens is 2. The third-order valence-electron chi connectivity index (χ3n) is 2.45. The zero-order valence-electron chi connectivity index (χ0n) is 10.3. The highest BCUT2D eigenvalue weighted by Gasteiger charge is 2.03. The molecule has 94 valence electrons. The first kappa shape index (κ1) is 12.9. The summed E-state index contributed by atoms with van der Waals surface area (Å²) in [5, 5.41) is 0. The van der Waals surface area contributed by atoms with E-state index in [0.717, 1.165) is 35.0 Å². The van der Waals surface area contributed by atoms with Gasteiger partial charge in [0.05, 0.1) is 11.4 Å². The first-order valence-corrected chi connectivity index (χ1v) is 7.18. The Kier molecular flexibility index (Phi) is 4.59. The molecule has 0 bridgehead atoms. The maximum Gasteiger partial charge on any atom is 0.251 e. The molecule has 4 heteroatoms. The highest BCUT2D eigenvalue weighted by atomic mass is 32.2. The molecule has 0 spiro atoms. The Morgan fingerprint density at radius 3 is 2.78 bits per heavy atom. The summed E-state index contributed by atoms with van der Waals surface area (Å²) in [5.74, 6) is 2.59. The van der Waals surface area contributed by atoms with Crippen LogP contribution >= 0.6 is 11.8 Å². The summed E-state index contributed by atoms with van der Waals surface area (Å²) < 4.78 is 0. The molecule has 0 aliphatic carbocycles. The van der Waals surface area contributed by atoms with Gasteiger partial charge in [0.2, 0.25) is 0 Å².